The molecule has 1 aliphatic rings. The number of hydrogen-bond acceptors (Lipinski definition) is 6. The summed E-state index contributed by atoms with van der Waals surface area (Å²) in [5.41, 5.74) is 0.472. The Bertz CT molecular complexity index is 1350. The first-order valence-corrected chi connectivity index (χ1v) is 10.7. The first-order valence-electron chi connectivity index (χ1n) is 10.7. The number of aliphatic imine (C=N–C) groups is 1. The summed E-state index contributed by atoms with van der Waals surface area (Å²) in [7, 11) is 2.98. The van der Waals surface area contributed by atoms with Crippen molar-refractivity contribution in [3.8, 4) is 11.5 Å². The van der Waals surface area contributed by atoms with E-state index in [9.17, 15) is 14.4 Å². The van der Waals surface area contributed by atoms with Crippen LogP contribution in [0.5, 0.6) is 11.5 Å². The maximum atomic E-state index is 13.3. The first-order chi connectivity index (χ1) is 15.8. The number of nitrogens with zero attached hydrogens (tertiary/aromatic N) is 3. The van der Waals surface area contributed by atoms with Gasteiger partial charge in [0.25, 0.3) is 5.56 Å². The van der Waals surface area contributed by atoms with Crippen molar-refractivity contribution in [3.63, 3.8) is 0 Å². The quantitative estimate of drug-likeness (QED) is 0.560. The van der Waals surface area contributed by atoms with Crippen LogP contribution in [0, 0.1) is 5.92 Å². The standard InChI is InChI=1S/C25H25N3O5/c1-5-32-24(30)19-15(2)26-22-21(23(29)28(4)25(31)27(22)3)20(19)16-10-9-13-18(14-16)33-17-11-7-6-8-12-17/h6-14,19-20H,5H2,1-4H3. The average Bonchev–Trinajstić information content (AvgIpc) is 2.81. The van der Waals surface area contributed by atoms with E-state index in [0.717, 1.165) is 4.57 Å². The van der Waals surface area contributed by atoms with Crippen LogP contribution in [0.4, 0.5) is 5.82 Å². The van der Waals surface area contributed by atoms with Gasteiger partial charge in [-0.05, 0) is 43.7 Å². The maximum Gasteiger partial charge on any atom is 0.332 e. The lowest BCUT2D eigenvalue weighted by Gasteiger charge is -2.31. The number of benzene rings is 2. The van der Waals surface area contributed by atoms with Gasteiger partial charge in [0.2, 0.25) is 0 Å². The minimum atomic E-state index is -0.811. The summed E-state index contributed by atoms with van der Waals surface area (Å²) in [6.45, 7) is 3.64. The Morgan fingerprint density at radius 1 is 1.00 bits per heavy atom. The molecule has 0 saturated heterocycles. The number of carbonyl (C=O) groups is 1. The SMILES string of the molecule is CCOC(=O)C1C(C)=Nc2c(c(=O)n(C)c(=O)n2C)C1c1cccc(Oc2ccccc2)c1. The highest BCUT2D eigenvalue weighted by Crippen LogP contribution is 2.41. The van der Waals surface area contributed by atoms with Crippen molar-refractivity contribution in [2.24, 2.45) is 25.0 Å². The van der Waals surface area contributed by atoms with E-state index in [1.807, 2.05) is 42.5 Å². The molecule has 2 aromatic carbocycles. The molecule has 2 atom stereocenters. The Morgan fingerprint density at radius 2 is 1.70 bits per heavy atom. The average molecular weight is 447 g/mol. The zero-order valence-corrected chi connectivity index (χ0v) is 18.9. The molecule has 170 valence electrons. The lowest BCUT2D eigenvalue weighted by molar-refractivity contribution is -0.146. The van der Waals surface area contributed by atoms with Gasteiger partial charge < -0.3 is 9.47 Å². The largest absolute Gasteiger partial charge is 0.465 e. The Balaban J connectivity index is 1.92. The summed E-state index contributed by atoms with van der Waals surface area (Å²) >= 11 is 0. The van der Waals surface area contributed by atoms with E-state index >= 15 is 0 Å². The van der Waals surface area contributed by atoms with E-state index in [0.29, 0.717) is 22.8 Å². The predicted octanol–water partition coefficient (Wildman–Crippen LogP) is 3.29. The van der Waals surface area contributed by atoms with Crippen LogP contribution < -0.4 is 16.0 Å². The molecular formula is C25H25N3O5. The van der Waals surface area contributed by atoms with Crippen LogP contribution in [0.1, 0.15) is 30.9 Å². The lowest BCUT2D eigenvalue weighted by atomic mass is 9.77. The van der Waals surface area contributed by atoms with Gasteiger partial charge in [-0.2, -0.15) is 0 Å². The van der Waals surface area contributed by atoms with E-state index < -0.39 is 29.1 Å². The Kier molecular flexibility index (Phi) is 6.00. The van der Waals surface area contributed by atoms with Crippen molar-refractivity contribution in [1.29, 1.82) is 0 Å². The van der Waals surface area contributed by atoms with Crippen LogP contribution in [-0.2, 0) is 23.6 Å². The van der Waals surface area contributed by atoms with E-state index in [-0.39, 0.29) is 18.0 Å². The van der Waals surface area contributed by atoms with Crippen molar-refractivity contribution in [1.82, 2.24) is 9.13 Å². The topological polar surface area (TPSA) is 91.9 Å². The highest BCUT2D eigenvalue weighted by Gasteiger charge is 2.41. The van der Waals surface area contributed by atoms with Crippen molar-refractivity contribution < 1.29 is 14.3 Å². The minimum absolute atomic E-state index is 0.199. The highest BCUT2D eigenvalue weighted by atomic mass is 16.5. The van der Waals surface area contributed by atoms with Gasteiger partial charge >= 0.3 is 11.7 Å². The zero-order valence-electron chi connectivity index (χ0n) is 18.9. The summed E-state index contributed by atoms with van der Waals surface area (Å²) in [4.78, 5) is 43.3. The summed E-state index contributed by atoms with van der Waals surface area (Å²) in [5.74, 6) is -0.502. The number of hydrogen-bond donors (Lipinski definition) is 0. The molecule has 3 aromatic rings. The third kappa shape index (κ3) is 4.00. The first kappa shape index (κ1) is 22.3. The molecule has 8 heteroatoms. The van der Waals surface area contributed by atoms with E-state index in [4.69, 9.17) is 9.47 Å². The molecule has 33 heavy (non-hydrogen) atoms. The molecule has 0 radical (unpaired) electrons. The Labute approximate surface area is 190 Å². The Hall–Kier alpha value is -3.94. The molecule has 0 amide bonds. The third-order valence-electron chi connectivity index (χ3n) is 5.78. The fourth-order valence-electron chi connectivity index (χ4n) is 4.21. The number of rotatable bonds is 5. The smallest absolute Gasteiger partial charge is 0.332 e. The number of carbonyl (C=O) groups excluding carboxylic acids is 1. The molecule has 2 unspecified atom stereocenters. The van der Waals surface area contributed by atoms with Gasteiger partial charge in [-0.25, -0.2) is 9.79 Å². The van der Waals surface area contributed by atoms with Gasteiger partial charge in [-0.1, -0.05) is 30.3 Å². The minimum Gasteiger partial charge on any atom is -0.465 e. The monoisotopic (exact) mass is 447 g/mol. The number of ether oxygens (including phenoxy) is 2. The molecule has 0 bridgehead atoms. The van der Waals surface area contributed by atoms with E-state index in [2.05, 4.69) is 4.99 Å². The normalized spacial score (nSPS) is 17.2. The summed E-state index contributed by atoms with van der Waals surface area (Å²) < 4.78 is 13.7. The lowest BCUT2D eigenvalue weighted by Crippen LogP contribution is -2.44. The molecule has 0 saturated carbocycles. The Morgan fingerprint density at radius 3 is 2.39 bits per heavy atom. The van der Waals surface area contributed by atoms with Crippen LogP contribution >= 0.6 is 0 Å². The number of fused-ring (bicyclic) bond motifs is 1. The molecule has 0 aliphatic carbocycles. The number of esters is 1. The van der Waals surface area contributed by atoms with Crippen LogP contribution in [-0.4, -0.2) is 27.4 Å². The highest BCUT2D eigenvalue weighted by molar-refractivity contribution is 6.04. The van der Waals surface area contributed by atoms with Gasteiger partial charge in [0, 0.05) is 25.7 Å². The van der Waals surface area contributed by atoms with Crippen LogP contribution in [0.25, 0.3) is 0 Å². The van der Waals surface area contributed by atoms with Crippen molar-refractivity contribution in [2.45, 2.75) is 19.8 Å². The molecular weight excluding hydrogens is 422 g/mol. The predicted molar refractivity (Wildman–Crippen MR) is 125 cm³/mol. The summed E-state index contributed by atoms with van der Waals surface area (Å²) in [5, 5.41) is 0. The van der Waals surface area contributed by atoms with Crippen molar-refractivity contribution in [2.75, 3.05) is 6.61 Å². The molecule has 0 spiro atoms. The fourth-order valence-corrected chi connectivity index (χ4v) is 4.21. The fraction of sp³-hybridized carbons (Fsp3) is 0.280. The molecule has 2 heterocycles. The molecule has 1 aliphatic heterocycles. The second-order valence-corrected chi connectivity index (χ2v) is 7.89. The van der Waals surface area contributed by atoms with E-state index in [1.165, 1.54) is 11.6 Å². The molecule has 4 rings (SSSR count). The van der Waals surface area contributed by atoms with Gasteiger partial charge in [-0.15, -0.1) is 0 Å². The van der Waals surface area contributed by atoms with Crippen LogP contribution in [0.15, 0.2) is 69.2 Å². The van der Waals surface area contributed by atoms with Gasteiger partial charge in [0.05, 0.1) is 12.2 Å². The van der Waals surface area contributed by atoms with Crippen LogP contribution in [0.3, 0.4) is 0 Å². The van der Waals surface area contributed by atoms with Crippen LogP contribution in [0.2, 0.25) is 0 Å². The van der Waals surface area contributed by atoms with Gasteiger partial charge in [-0.3, -0.25) is 18.7 Å². The third-order valence-corrected chi connectivity index (χ3v) is 5.78. The second-order valence-electron chi connectivity index (χ2n) is 7.89. The molecule has 0 fully saturated rings. The van der Waals surface area contributed by atoms with E-state index in [1.54, 1.807) is 33.0 Å². The zero-order chi connectivity index (χ0) is 23.7. The summed E-state index contributed by atoms with van der Waals surface area (Å²) in [6.07, 6.45) is 0. The maximum absolute atomic E-state index is 13.3. The molecule has 8 nitrogen and oxygen atoms in total. The van der Waals surface area contributed by atoms with Gasteiger partial charge in [0.15, 0.2) is 0 Å². The van der Waals surface area contributed by atoms with Gasteiger partial charge in [0.1, 0.15) is 23.2 Å². The van der Waals surface area contributed by atoms with Crippen molar-refractivity contribution >= 4 is 17.5 Å². The second kappa shape index (κ2) is 8.90. The molecule has 1 aromatic heterocycles. The summed E-state index contributed by atoms with van der Waals surface area (Å²) in [6, 6.07) is 16.6. The van der Waals surface area contributed by atoms with Crippen molar-refractivity contribution in [3.05, 3.63) is 86.6 Å². The number of para-hydroxylation sites is 1. The number of aromatic nitrogens is 2. The molecule has 0 N–H and O–H groups in total.